The zero-order valence-electron chi connectivity index (χ0n) is 8.15. The summed E-state index contributed by atoms with van der Waals surface area (Å²) in [7, 11) is 1.46. The molecule has 0 atom stereocenters. The number of hydrogen-bond donors (Lipinski definition) is 0. The predicted molar refractivity (Wildman–Crippen MR) is 54.8 cm³/mol. The lowest BCUT2D eigenvalue weighted by molar-refractivity contribution is -0.0442. The number of benzene rings is 1. The van der Waals surface area contributed by atoms with Crippen molar-refractivity contribution in [2.45, 2.75) is 24.5 Å². The van der Waals surface area contributed by atoms with E-state index in [1.807, 2.05) is 0 Å². The van der Waals surface area contributed by atoms with Crippen LogP contribution in [-0.2, 0) is 9.05 Å². The van der Waals surface area contributed by atoms with E-state index in [0.29, 0.717) is 5.75 Å². The zero-order chi connectivity index (χ0) is 11.3. The van der Waals surface area contributed by atoms with E-state index in [-0.39, 0.29) is 10.6 Å². The van der Waals surface area contributed by atoms with E-state index in [2.05, 4.69) is 0 Å². The average molecular weight is 249 g/mol. The van der Waals surface area contributed by atoms with Gasteiger partial charge in [-0.15, -0.1) is 0 Å². The number of ether oxygens (including phenoxy) is 2. The van der Waals surface area contributed by atoms with Crippen LogP contribution in [0.3, 0.4) is 0 Å². The molecule has 1 aromatic rings. The van der Waals surface area contributed by atoms with E-state index in [1.54, 1.807) is 26.0 Å². The number of fused-ring (bicyclic) bond motifs is 1. The molecule has 2 rings (SSSR count). The molecule has 0 radical (unpaired) electrons. The van der Waals surface area contributed by atoms with Gasteiger partial charge in [0.25, 0.3) is 9.05 Å². The molecule has 0 aromatic heterocycles. The maximum Gasteiger partial charge on any atom is 0.265 e. The highest BCUT2D eigenvalue weighted by Crippen LogP contribution is 2.44. The van der Waals surface area contributed by atoms with Crippen LogP contribution in [0.2, 0.25) is 0 Å². The fourth-order valence-corrected chi connectivity index (χ4v) is 2.37. The highest BCUT2D eigenvalue weighted by Gasteiger charge is 2.35. The molecule has 4 nitrogen and oxygen atoms in total. The molecule has 0 saturated heterocycles. The summed E-state index contributed by atoms with van der Waals surface area (Å²) >= 11 is 0. The Morgan fingerprint density at radius 3 is 2.53 bits per heavy atom. The van der Waals surface area contributed by atoms with Crippen molar-refractivity contribution in [1.29, 1.82) is 0 Å². The summed E-state index contributed by atoms with van der Waals surface area (Å²) in [5, 5.41) is 0. The fraction of sp³-hybridized carbons (Fsp3) is 0.333. The van der Waals surface area contributed by atoms with E-state index >= 15 is 0 Å². The first-order valence-electron chi connectivity index (χ1n) is 4.25. The summed E-state index contributed by atoms with van der Waals surface area (Å²) in [5.41, 5.74) is 0. The molecule has 1 aliphatic heterocycles. The van der Waals surface area contributed by atoms with Gasteiger partial charge >= 0.3 is 0 Å². The highest BCUT2D eigenvalue weighted by atomic mass is 35.7. The van der Waals surface area contributed by atoms with Gasteiger partial charge < -0.3 is 9.47 Å². The van der Waals surface area contributed by atoms with Gasteiger partial charge in [-0.05, 0) is 12.1 Å². The van der Waals surface area contributed by atoms with Crippen LogP contribution in [-0.4, -0.2) is 14.2 Å². The van der Waals surface area contributed by atoms with Crippen molar-refractivity contribution < 1.29 is 17.9 Å². The molecule has 15 heavy (non-hydrogen) atoms. The molecule has 1 heterocycles. The van der Waals surface area contributed by atoms with Crippen molar-refractivity contribution >= 4 is 19.7 Å². The van der Waals surface area contributed by atoms with E-state index in [0.717, 1.165) is 0 Å². The first-order valence-corrected chi connectivity index (χ1v) is 6.56. The van der Waals surface area contributed by atoms with Gasteiger partial charge in [-0.2, -0.15) is 0 Å². The summed E-state index contributed by atoms with van der Waals surface area (Å²) in [6, 6.07) is 4.57. The molecule has 0 unspecified atom stereocenters. The minimum absolute atomic E-state index is 0.0627. The fourth-order valence-electron chi connectivity index (χ4n) is 1.40. The van der Waals surface area contributed by atoms with Crippen LogP contribution in [0, 0.1) is 0 Å². The van der Waals surface area contributed by atoms with Crippen molar-refractivity contribution in [1.82, 2.24) is 0 Å². The number of hydrogen-bond acceptors (Lipinski definition) is 4. The minimum atomic E-state index is -3.81. The molecule has 1 aromatic carbocycles. The van der Waals surface area contributed by atoms with Crippen LogP contribution < -0.4 is 9.47 Å². The van der Waals surface area contributed by atoms with Gasteiger partial charge in [-0.1, -0.05) is 6.07 Å². The molecule has 0 spiro atoms. The molecular formula is C9H9ClO4S. The Hall–Kier alpha value is -0.940. The standard InChI is InChI=1S/C9H9ClO4S/c1-9(2)13-6-4-3-5-7(8(6)14-9)15(10,11)12/h3-5H,1-2H3. The van der Waals surface area contributed by atoms with Crippen LogP contribution in [0.4, 0.5) is 0 Å². The van der Waals surface area contributed by atoms with Gasteiger partial charge in [0.2, 0.25) is 5.79 Å². The second-order valence-corrected chi connectivity index (χ2v) is 6.16. The van der Waals surface area contributed by atoms with Crippen LogP contribution >= 0.6 is 10.7 Å². The van der Waals surface area contributed by atoms with Gasteiger partial charge in [0.05, 0.1) is 0 Å². The third kappa shape index (κ3) is 1.89. The monoisotopic (exact) mass is 248 g/mol. The Kier molecular flexibility index (Phi) is 2.13. The number of halogens is 1. The van der Waals surface area contributed by atoms with Gasteiger partial charge in [0.1, 0.15) is 4.90 Å². The quantitative estimate of drug-likeness (QED) is 0.715. The molecule has 1 aliphatic rings. The number of rotatable bonds is 1. The Labute approximate surface area is 92.2 Å². The molecule has 0 aliphatic carbocycles. The van der Waals surface area contributed by atoms with Gasteiger partial charge in [-0.25, -0.2) is 8.42 Å². The summed E-state index contributed by atoms with van der Waals surface area (Å²) in [5.74, 6) is -0.292. The molecule has 0 fully saturated rings. The largest absolute Gasteiger partial charge is 0.449 e. The van der Waals surface area contributed by atoms with Crippen LogP contribution in [0.25, 0.3) is 0 Å². The lowest BCUT2D eigenvalue weighted by Gasteiger charge is -2.16. The second kappa shape index (κ2) is 3.02. The Morgan fingerprint density at radius 1 is 1.27 bits per heavy atom. The first kappa shape index (κ1) is 10.6. The van der Waals surface area contributed by atoms with Crippen molar-refractivity contribution in [2.75, 3.05) is 0 Å². The molecular weight excluding hydrogens is 240 g/mol. The smallest absolute Gasteiger partial charge is 0.265 e. The van der Waals surface area contributed by atoms with Crippen LogP contribution in [0.1, 0.15) is 13.8 Å². The van der Waals surface area contributed by atoms with Crippen molar-refractivity contribution in [3.63, 3.8) is 0 Å². The summed E-state index contributed by atoms with van der Waals surface area (Å²) in [4.78, 5) is -0.0627. The highest BCUT2D eigenvalue weighted by molar-refractivity contribution is 8.13. The Bertz CT molecular complexity index is 507. The maximum absolute atomic E-state index is 11.2. The normalized spacial score (nSPS) is 17.8. The summed E-state index contributed by atoms with van der Waals surface area (Å²) in [6.45, 7) is 3.38. The lowest BCUT2D eigenvalue weighted by Crippen LogP contribution is -2.29. The first-order chi connectivity index (χ1) is 6.80. The molecule has 0 saturated carbocycles. The van der Waals surface area contributed by atoms with Gasteiger partial charge in [0, 0.05) is 24.5 Å². The molecule has 82 valence electrons. The topological polar surface area (TPSA) is 52.6 Å². The van der Waals surface area contributed by atoms with E-state index < -0.39 is 14.8 Å². The Morgan fingerprint density at radius 2 is 1.93 bits per heavy atom. The van der Waals surface area contributed by atoms with Gasteiger partial charge in [0.15, 0.2) is 11.5 Å². The molecule has 0 bridgehead atoms. The number of para-hydroxylation sites is 1. The lowest BCUT2D eigenvalue weighted by atomic mass is 10.3. The molecule has 0 N–H and O–H groups in total. The maximum atomic E-state index is 11.2. The third-order valence-corrected chi connectivity index (χ3v) is 3.25. The second-order valence-electron chi connectivity index (χ2n) is 3.63. The van der Waals surface area contributed by atoms with Gasteiger partial charge in [-0.3, -0.25) is 0 Å². The van der Waals surface area contributed by atoms with Crippen molar-refractivity contribution in [2.24, 2.45) is 0 Å². The van der Waals surface area contributed by atoms with Crippen molar-refractivity contribution in [3.05, 3.63) is 18.2 Å². The predicted octanol–water partition coefficient (Wildman–Crippen LogP) is 2.12. The van der Waals surface area contributed by atoms with E-state index in [4.69, 9.17) is 20.2 Å². The molecule has 0 amide bonds. The Balaban J connectivity index is 2.61. The summed E-state index contributed by atoms with van der Waals surface area (Å²) < 4.78 is 33.2. The summed E-state index contributed by atoms with van der Waals surface area (Å²) in [6.07, 6.45) is 0. The van der Waals surface area contributed by atoms with E-state index in [1.165, 1.54) is 6.07 Å². The van der Waals surface area contributed by atoms with Crippen molar-refractivity contribution in [3.8, 4) is 11.5 Å². The average Bonchev–Trinajstić information content (AvgIpc) is 2.35. The minimum Gasteiger partial charge on any atom is -0.449 e. The van der Waals surface area contributed by atoms with Crippen LogP contribution in [0.15, 0.2) is 23.1 Å². The van der Waals surface area contributed by atoms with Crippen LogP contribution in [0.5, 0.6) is 11.5 Å². The van der Waals surface area contributed by atoms with E-state index in [9.17, 15) is 8.42 Å². The SMILES string of the molecule is CC1(C)Oc2cccc(S(=O)(=O)Cl)c2O1. The third-order valence-electron chi connectivity index (χ3n) is 1.91. The zero-order valence-corrected chi connectivity index (χ0v) is 9.72. The molecule has 6 heteroatoms.